The van der Waals surface area contributed by atoms with E-state index in [-0.39, 0.29) is 16.4 Å². The first-order chi connectivity index (χ1) is 16.0. The molecule has 15 heteroatoms. The van der Waals surface area contributed by atoms with Crippen LogP contribution in [0.25, 0.3) is 11.2 Å². The summed E-state index contributed by atoms with van der Waals surface area (Å²) in [6.45, 7) is 1.66. The van der Waals surface area contributed by atoms with Crippen LogP contribution in [0.5, 0.6) is 0 Å². The second kappa shape index (κ2) is 8.95. The molecule has 0 aromatic carbocycles. The number of imidazole rings is 1. The standard InChI is InChI=1S/C19H14ClF3N8O2S/c1-8(29-17(33)13-14-15(27-6-26-13)28-7-31(14)2)18-25-5-11(34-18)16(32)30-12-3-9(19(21,22)23)10(20)4-24-12/h3-8H,1-2H3,(H,29,33)(H,24,30,32)/t8-/m1/s1. The molecular formula is C19H14ClF3N8O2S. The molecular weight excluding hydrogens is 497 g/mol. The Hall–Kier alpha value is -3.65. The quantitative estimate of drug-likeness (QED) is 0.419. The maximum Gasteiger partial charge on any atom is 0.418 e. The zero-order valence-corrected chi connectivity index (χ0v) is 19.0. The van der Waals surface area contributed by atoms with E-state index >= 15 is 0 Å². The minimum atomic E-state index is -4.70. The second-order valence-electron chi connectivity index (χ2n) is 7.01. The zero-order chi connectivity index (χ0) is 24.6. The molecule has 0 aliphatic rings. The van der Waals surface area contributed by atoms with Gasteiger partial charge in [-0.1, -0.05) is 11.6 Å². The Balaban J connectivity index is 1.47. The van der Waals surface area contributed by atoms with Crippen LogP contribution < -0.4 is 10.6 Å². The Labute approximate surface area is 198 Å². The average Bonchev–Trinajstić information content (AvgIpc) is 3.42. The number of hydrogen-bond donors (Lipinski definition) is 2. The van der Waals surface area contributed by atoms with Crippen LogP contribution in [0.3, 0.4) is 0 Å². The summed E-state index contributed by atoms with van der Waals surface area (Å²) in [4.78, 5) is 45.3. The molecule has 0 saturated carbocycles. The van der Waals surface area contributed by atoms with Gasteiger partial charge in [0.05, 0.1) is 29.2 Å². The minimum Gasteiger partial charge on any atom is -0.342 e. The van der Waals surface area contributed by atoms with Gasteiger partial charge in [0.2, 0.25) is 0 Å². The lowest BCUT2D eigenvalue weighted by molar-refractivity contribution is -0.137. The van der Waals surface area contributed by atoms with E-state index in [1.165, 1.54) is 18.9 Å². The van der Waals surface area contributed by atoms with Crippen molar-refractivity contribution < 1.29 is 22.8 Å². The Morgan fingerprint density at radius 1 is 1.12 bits per heavy atom. The van der Waals surface area contributed by atoms with Crippen LogP contribution in [0.2, 0.25) is 5.02 Å². The molecule has 0 radical (unpaired) electrons. The van der Waals surface area contributed by atoms with Crippen molar-refractivity contribution in [2.45, 2.75) is 19.1 Å². The number of pyridine rings is 1. The predicted molar refractivity (Wildman–Crippen MR) is 117 cm³/mol. The van der Waals surface area contributed by atoms with Gasteiger partial charge < -0.3 is 15.2 Å². The van der Waals surface area contributed by atoms with Gasteiger partial charge in [-0.25, -0.2) is 24.9 Å². The molecule has 2 N–H and O–H groups in total. The number of fused-ring (bicyclic) bond motifs is 1. The van der Waals surface area contributed by atoms with Crippen molar-refractivity contribution in [1.29, 1.82) is 0 Å². The molecule has 4 rings (SSSR count). The van der Waals surface area contributed by atoms with Gasteiger partial charge in [-0.2, -0.15) is 13.2 Å². The van der Waals surface area contributed by atoms with E-state index in [0.717, 1.165) is 17.5 Å². The second-order valence-corrected chi connectivity index (χ2v) is 8.48. The number of carbonyl (C=O) groups excluding carboxylic acids is 2. The lowest BCUT2D eigenvalue weighted by Gasteiger charge is -2.11. The minimum absolute atomic E-state index is 0.109. The Bertz CT molecular complexity index is 1400. The van der Waals surface area contributed by atoms with Crippen LogP contribution >= 0.6 is 22.9 Å². The summed E-state index contributed by atoms with van der Waals surface area (Å²) in [5.74, 6) is -1.52. The van der Waals surface area contributed by atoms with E-state index in [4.69, 9.17) is 11.6 Å². The number of alkyl halides is 3. The van der Waals surface area contributed by atoms with Crippen molar-refractivity contribution in [3.05, 3.63) is 57.3 Å². The molecule has 10 nitrogen and oxygen atoms in total. The molecule has 0 aliphatic carbocycles. The largest absolute Gasteiger partial charge is 0.418 e. The van der Waals surface area contributed by atoms with Gasteiger partial charge in [0.25, 0.3) is 11.8 Å². The Kier molecular flexibility index (Phi) is 6.18. The van der Waals surface area contributed by atoms with Crippen molar-refractivity contribution >= 4 is 51.7 Å². The number of halogens is 4. The van der Waals surface area contributed by atoms with Crippen molar-refractivity contribution in [3.8, 4) is 0 Å². The SMILES string of the molecule is C[C@@H](NC(=O)c1ncnc2ncn(C)c12)c1ncc(C(=O)Nc2cc(C(F)(F)F)c(Cl)cn2)s1. The van der Waals surface area contributed by atoms with Crippen LogP contribution in [-0.4, -0.2) is 41.3 Å². The summed E-state index contributed by atoms with van der Waals surface area (Å²) < 4.78 is 40.7. The third-order valence-corrected chi connectivity index (χ3v) is 6.07. The number of anilines is 1. The molecule has 0 bridgehead atoms. The molecule has 4 heterocycles. The van der Waals surface area contributed by atoms with Gasteiger partial charge in [0, 0.05) is 13.2 Å². The van der Waals surface area contributed by atoms with Gasteiger partial charge in [0.15, 0.2) is 11.3 Å². The summed E-state index contributed by atoms with van der Waals surface area (Å²) in [7, 11) is 1.71. The number of aromatic nitrogens is 6. The number of thiazole rings is 1. The van der Waals surface area contributed by atoms with Crippen LogP contribution in [0, 0.1) is 0 Å². The van der Waals surface area contributed by atoms with Crippen LogP contribution in [0.4, 0.5) is 19.0 Å². The van der Waals surface area contributed by atoms with Crippen molar-refractivity contribution in [1.82, 2.24) is 34.8 Å². The number of carbonyl (C=O) groups is 2. The van der Waals surface area contributed by atoms with Crippen molar-refractivity contribution in [2.75, 3.05) is 5.32 Å². The lowest BCUT2D eigenvalue weighted by Crippen LogP contribution is -2.28. The highest BCUT2D eigenvalue weighted by Crippen LogP contribution is 2.35. The molecule has 4 aromatic rings. The van der Waals surface area contributed by atoms with Gasteiger partial charge >= 0.3 is 6.18 Å². The fraction of sp³-hybridized carbons (Fsp3) is 0.211. The normalized spacial score (nSPS) is 12.5. The zero-order valence-electron chi connectivity index (χ0n) is 17.4. The molecule has 0 saturated heterocycles. The van der Waals surface area contributed by atoms with Gasteiger partial charge in [0.1, 0.15) is 27.5 Å². The summed E-state index contributed by atoms with van der Waals surface area (Å²) in [5, 5.41) is 4.85. The highest BCUT2D eigenvalue weighted by atomic mass is 35.5. The first-order valence-corrected chi connectivity index (χ1v) is 10.7. The first kappa shape index (κ1) is 23.5. The molecule has 0 spiro atoms. The van der Waals surface area contributed by atoms with Gasteiger partial charge in [-0.3, -0.25) is 9.59 Å². The van der Waals surface area contributed by atoms with Crippen LogP contribution in [-0.2, 0) is 13.2 Å². The summed E-state index contributed by atoms with van der Waals surface area (Å²) in [6, 6.07) is 0.0501. The highest BCUT2D eigenvalue weighted by molar-refractivity contribution is 7.13. The molecule has 34 heavy (non-hydrogen) atoms. The molecule has 0 fully saturated rings. The third kappa shape index (κ3) is 4.68. The number of nitrogens with zero attached hydrogens (tertiary/aromatic N) is 6. The van der Waals surface area contributed by atoms with E-state index in [1.54, 1.807) is 18.5 Å². The lowest BCUT2D eigenvalue weighted by atomic mass is 10.2. The Morgan fingerprint density at radius 2 is 1.88 bits per heavy atom. The summed E-state index contributed by atoms with van der Waals surface area (Å²) >= 11 is 6.50. The average molecular weight is 511 g/mol. The van der Waals surface area contributed by atoms with Crippen molar-refractivity contribution in [3.63, 3.8) is 0 Å². The number of rotatable bonds is 5. The summed E-state index contributed by atoms with van der Waals surface area (Å²) in [6.07, 6.45) is 0.106. The predicted octanol–water partition coefficient (Wildman–Crippen LogP) is 3.63. The number of nitrogens with one attached hydrogen (secondary N) is 2. The van der Waals surface area contributed by atoms with Gasteiger partial charge in [-0.05, 0) is 13.0 Å². The maximum atomic E-state index is 13.0. The topological polar surface area (TPSA) is 128 Å². The smallest absolute Gasteiger partial charge is 0.342 e. The monoisotopic (exact) mass is 510 g/mol. The molecule has 0 unspecified atom stereocenters. The van der Waals surface area contributed by atoms with E-state index in [9.17, 15) is 22.8 Å². The molecule has 2 amide bonds. The Morgan fingerprint density at radius 3 is 2.62 bits per heavy atom. The van der Waals surface area contributed by atoms with Crippen LogP contribution in [0.1, 0.15) is 43.7 Å². The maximum absolute atomic E-state index is 13.0. The van der Waals surface area contributed by atoms with Crippen molar-refractivity contribution in [2.24, 2.45) is 7.05 Å². The first-order valence-electron chi connectivity index (χ1n) is 9.47. The van der Waals surface area contributed by atoms with E-state index < -0.39 is 34.6 Å². The fourth-order valence-corrected chi connectivity index (χ4v) is 4.00. The van der Waals surface area contributed by atoms with E-state index in [2.05, 4.69) is 35.6 Å². The molecule has 4 aromatic heterocycles. The van der Waals surface area contributed by atoms with E-state index in [0.29, 0.717) is 22.2 Å². The van der Waals surface area contributed by atoms with Crippen LogP contribution in [0.15, 0.2) is 31.1 Å². The number of amides is 2. The molecule has 0 aliphatic heterocycles. The highest BCUT2D eigenvalue weighted by Gasteiger charge is 2.34. The third-order valence-electron chi connectivity index (χ3n) is 4.59. The van der Waals surface area contributed by atoms with E-state index in [1.807, 2.05) is 0 Å². The molecule has 176 valence electrons. The number of aryl methyl sites for hydroxylation is 1. The summed E-state index contributed by atoms with van der Waals surface area (Å²) in [5.41, 5.74) is -0.165. The fourth-order valence-electron chi connectivity index (χ4n) is 2.98. The number of hydrogen-bond acceptors (Lipinski definition) is 8. The molecule has 1 atom stereocenters. The van der Waals surface area contributed by atoms with Gasteiger partial charge in [-0.15, -0.1) is 11.3 Å².